The van der Waals surface area contributed by atoms with E-state index in [2.05, 4.69) is 14.9 Å². The minimum Gasteiger partial charge on any atom is -0.443 e. The summed E-state index contributed by atoms with van der Waals surface area (Å²) in [5.74, 6) is -0.0578. The first-order valence-corrected chi connectivity index (χ1v) is 9.39. The lowest BCUT2D eigenvalue weighted by Gasteiger charge is -2.25. The van der Waals surface area contributed by atoms with Gasteiger partial charge in [-0.15, -0.1) is 11.3 Å². The molecule has 4 rings (SSSR count). The van der Waals surface area contributed by atoms with E-state index < -0.39 is 0 Å². The van der Waals surface area contributed by atoms with Crippen molar-refractivity contribution in [3.05, 3.63) is 46.2 Å². The second kappa shape index (κ2) is 7.53. The molecular formula is C18H20N4O3S. The number of fused-ring (bicyclic) bond motifs is 1. The van der Waals surface area contributed by atoms with E-state index in [-0.39, 0.29) is 5.91 Å². The number of hydrogen-bond acceptors (Lipinski definition) is 7. The summed E-state index contributed by atoms with van der Waals surface area (Å²) in [6, 6.07) is 5.28. The Morgan fingerprint density at radius 3 is 3.04 bits per heavy atom. The van der Waals surface area contributed by atoms with Crippen LogP contribution < -0.4 is 0 Å². The Hall–Kier alpha value is -2.29. The van der Waals surface area contributed by atoms with Crippen LogP contribution in [-0.2, 0) is 17.8 Å². The quantitative estimate of drug-likeness (QED) is 0.685. The average molecular weight is 372 g/mol. The molecule has 0 bridgehead atoms. The van der Waals surface area contributed by atoms with Crippen LogP contribution in [0, 0.1) is 0 Å². The van der Waals surface area contributed by atoms with Gasteiger partial charge in [0.05, 0.1) is 32.0 Å². The highest BCUT2D eigenvalue weighted by Gasteiger charge is 2.16. The number of carbonyl (C=O) groups is 1. The molecule has 0 spiro atoms. The van der Waals surface area contributed by atoms with Crippen LogP contribution >= 0.6 is 11.3 Å². The van der Waals surface area contributed by atoms with Gasteiger partial charge in [-0.1, -0.05) is 0 Å². The molecule has 1 amide bonds. The molecule has 1 aliphatic rings. The fourth-order valence-electron chi connectivity index (χ4n) is 2.97. The highest BCUT2D eigenvalue weighted by Crippen LogP contribution is 2.18. The summed E-state index contributed by atoms with van der Waals surface area (Å²) in [7, 11) is 1.79. The van der Waals surface area contributed by atoms with Crippen LogP contribution in [-0.4, -0.2) is 59.0 Å². The molecule has 0 atom stereocenters. The summed E-state index contributed by atoms with van der Waals surface area (Å²) < 4.78 is 10.6. The number of rotatable bonds is 5. The van der Waals surface area contributed by atoms with E-state index in [4.69, 9.17) is 9.15 Å². The van der Waals surface area contributed by atoms with Gasteiger partial charge in [0, 0.05) is 31.1 Å². The maximum atomic E-state index is 12.7. The Kier molecular flexibility index (Phi) is 4.96. The van der Waals surface area contributed by atoms with Gasteiger partial charge in [-0.2, -0.15) is 0 Å². The van der Waals surface area contributed by atoms with Crippen molar-refractivity contribution in [3.8, 4) is 0 Å². The second-order valence-electron chi connectivity index (χ2n) is 6.32. The third-order valence-corrected chi connectivity index (χ3v) is 5.27. The molecule has 0 radical (unpaired) electrons. The van der Waals surface area contributed by atoms with Crippen LogP contribution in [0.15, 0.2) is 34.4 Å². The molecule has 26 heavy (non-hydrogen) atoms. The summed E-state index contributed by atoms with van der Waals surface area (Å²) in [5, 5.41) is 3.10. The van der Waals surface area contributed by atoms with Gasteiger partial charge in [0.25, 0.3) is 5.91 Å². The van der Waals surface area contributed by atoms with E-state index in [0.29, 0.717) is 23.2 Å². The van der Waals surface area contributed by atoms with Crippen molar-refractivity contribution in [3.63, 3.8) is 0 Å². The molecule has 0 saturated carbocycles. The first-order valence-electron chi connectivity index (χ1n) is 8.51. The van der Waals surface area contributed by atoms with Gasteiger partial charge in [0.1, 0.15) is 10.5 Å². The zero-order valence-corrected chi connectivity index (χ0v) is 15.4. The number of aromatic nitrogens is 2. The SMILES string of the molecule is CN(Cc1csc(CN2CCOCC2)n1)C(=O)c1ccc2ocnc2c1. The van der Waals surface area contributed by atoms with E-state index in [0.717, 1.165) is 43.5 Å². The molecule has 8 heteroatoms. The largest absolute Gasteiger partial charge is 0.443 e. The zero-order chi connectivity index (χ0) is 17.9. The Labute approximate surface area is 155 Å². The van der Waals surface area contributed by atoms with E-state index in [1.807, 2.05) is 5.38 Å². The molecule has 0 unspecified atom stereocenters. The highest BCUT2D eigenvalue weighted by molar-refractivity contribution is 7.09. The van der Waals surface area contributed by atoms with E-state index in [1.54, 1.807) is 41.5 Å². The predicted molar refractivity (Wildman–Crippen MR) is 98.0 cm³/mol. The predicted octanol–water partition coefficient (Wildman–Crippen LogP) is 2.39. The molecule has 2 aromatic heterocycles. The first-order chi connectivity index (χ1) is 12.7. The van der Waals surface area contributed by atoms with Crippen molar-refractivity contribution in [2.24, 2.45) is 0 Å². The van der Waals surface area contributed by atoms with E-state index in [1.165, 1.54) is 6.39 Å². The van der Waals surface area contributed by atoms with Gasteiger partial charge in [-0.3, -0.25) is 9.69 Å². The molecule has 0 aliphatic carbocycles. The molecule has 0 N–H and O–H groups in total. The van der Waals surface area contributed by atoms with E-state index >= 15 is 0 Å². The Bertz CT molecular complexity index is 901. The average Bonchev–Trinajstić information content (AvgIpc) is 3.30. The summed E-state index contributed by atoms with van der Waals surface area (Å²) in [6.07, 6.45) is 1.38. The summed E-state index contributed by atoms with van der Waals surface area (Å²) in [5.41, 5.74) is 2.87. The van der Waals surface area contributed by atoms with Gasteiger partial charge < -0.3 is 14.1 Å². The highest BCUT2D eigenvalue weighted by atomic mass is 32.1. The molecule has 1 aromatic carbocycles. The molecule has 3 heterocycles. The van der Waals surface area contributed by atoms with E-state index in [9.17, 15) is 4.79 Å². The topological polar surface area (TPSA) is 71.7 Å². The smallest absolute Gasteiger partial charge is 0.254 e. The lowest BCUT2D eigenvalue weighted by Crippen LogP contribution is -2.35. The molecule has 136 valence electrons. The third-order valence-electron chi connectivity index (χ3n) is 4.39. The maximum Gasteiger partial charge on any atom is 0.254 e. The Morgan fingerprint density at radius 1 is 1.35 bits per heavy atom. The monoisotopic (exact) mass is 372 g/mol. The number of morpholine rings is 1. The number of ether oxygens (including phenoxy) is 1. The normalized spacial score (nSPS) is 15.4. The molecular weight excluding hydrogens is 352 g/mol. The van der Waals surface area contributed by atoms with Crippen molar-refractivity contribution in [2.45, 2.75) is 13.1 Å². The van der Waals surface area contributed by atoms with Crippen LogP contribution in [0.3, 0.4) is 0 Å². The van der Waals surface area contributed by atoms with Gasteiger partial charge in [0.15, 0.2) is 12.0 Å². The summed E-state index contributed by atoms with van der Waals surface area (Å²) in [6.45, 7) is 4.77. The molecule has 1 fully saturated rings. The standard InChI is InChI=1S/C18H20N4O3S/c1-21(18(23)13-2-3-16-15(8-13)19-12-25-16)9-14-11-26-17(20-14)10-22-4-6-24-7-5-22/h2-3,8,11-12H,4-7,9-10H2,1H3. The number of benzene rings is 1. The van der Waals surface area contributed by atoms with Crippen molar-refractivity contribution >= 4 is 28.3 Å². The van der Waals surface area contributed by atoms with Crippen LogP contribution in [0.1, 0.15) is 21.1 Å². The summed E-state index contributed by atoms with van der Waals surface area (Å²) in [4.78, 5) is 25.5. The molecule has 7 nitrogen and oxygen atoms in total. The minimum atomic E-state index is -0.0578. The number of nitrogens with zero attached hydrogens (tertiary/aromatic N) is 4. The van der Waals surface area contributed by atoms with Crippen LogP contribution in [0.25, 0.3) is 11.1 Å². The number of thiazole rings is 1. The van der Waals surface area contributed by atoms with Crippen molar-refractivity contribution in [1.82, 2.24) is 19.8 Å². The maximum absolute atomic E-state index is 12.7. The van der Waals surface area contributed by atoms with Crippen molar-refractivity contribution < 1.29 is 13.9 Å². The van der Waals surface area contributed by atoms with Gasteiger partial charge in [-0.25, -0.2) is 9.97 Å². The fourth-order valence-corrected chi connectivity index (χ4v) is 3.80. The summed E-state index contributed by atoms with van der Waals surface area (Å²) >= 11 is 1.64. The molecule has 1 saturated heterocycles. The Balaban J connectivity index is 1.39. The van der Waals surface area contributed by atoms with Crippen LogP contribution in [0.4, 0.5) is 0 Å². The van der Waals surface area contributed by atoms with Crippen LogP contribution in [0.5, 0.6) is 0 Å². The number of amides is 1. The number of hydrogen-bond donors (Lipinski definition) is 0. The lowest BCUT2D eigenvalue weighted by atomic mass is 10.2. The minimum absolute atomic E-state index is 0.0578. The molecule has 1 aliphatic heterocycles. The Morgan fingerprint density at radius 2 is 2.19 bits per heavy atom. The second-order valence-corrected chi connectivity index (χ2v) is 7.26. The third kappa shape index (κ3) is 3.77. The fraction of sp³-hybridized carbons (Fsp3) is 0.389. The zero-order valence-electron chi connectivity index (χ0n) is 14.6. The van der Waals surface area contributed by atoms with Gasteiger partial charge in [-0.05, 0) is 18.2 Å². The molecule has 3 aromatic rings. The lowest BCUT2D eigenvalue weighted by molar-refractivity contribution is 0.0341. The number of carbonyl (C=O) groups excluding carboxylic acids is 1. The number of oxazole rings is 1. The van der Waals surface area contributed by atoms with Gasteiger partial charge >= 0.3 is 0 Å². The van der Waals surface area contributed by atoms with Crippen LogP contribution in [0.2, 0.25) is 0 Å². The first kappa shape index (κ1) is 17.1. The van der Waals surface area contributed by atoms with Crippen molar-refractivity contribution in [2.75, 3.05) is 33.4 Å². The van der Waals surface area contributed by atoms with Crippen molar-refractivity contribution in [1.29, 1.82) is 0 Å². The van der Waals surface area contributed by atoms with Gasteiger partial charge in [0.2, 0.25) is 0 Å².